The van der Waals surface area contributed by atoms with Crippen LogP contribution < -0.4 is 10.9 Å². The number of nitrogens with zero attached hydrogens (tertiary/aromatic N) is 3. The Morgan fingerprint density at radius 3 is 2.96 bits per heavy atom. The van der Waals surface area contributed by atoms with Crippen molar-refractivity contribution in [1.29, 1.82) is 0 Å². The number of aromatic nitrogens is 4. The molecule has 1 aliphatic rings. The number of rotatable bonds is 7. The van der Waals surface area contributed by atoms with Crippen LogP contribution in [0.25, 0.3) is 11.2 Å². The third-order valence-electron chi connectivity index (χ3n) is 4.36. The van der Waals surface area contributed by atoms with Crippen LogP contribution in [0.15, 0.2) is 11.1 Å². The molecule has 0 aliphatic carbocycles. The molecule has 11 nitrogen and oxygen atoms in total. The second-order valence-corrected chi connectivity index (χ2v) is 6.40. The highest BCUT2D eigenvalue weighted by atomic mass is 16.5. The number of ether oxygens (including phenoxy) is 2. The van der Waals surface area contributed by atoms with E-state index >= 15 is 0 Å². The van der Waals surface area contributed by atoms with Gasteiger partial charge < -0.3 is 19.7 Å². The zero-order valence-corrected chi connectivity index (χ0v) is 15.1. The first-order chi connectivity index (χ1) is 13.0. The third kappa shape index (κ3) is 3.86. The Hall–Kier alpha value is -2.34. The van der Waals surface area contributed by atoms with E-state index in [1.807, 2.05) is 6.92 Å². The Bertz CT molecular complexity index is 865. The van der Waals surface area contributed by atoms with Gasteiger partial charge in [0.05, 0.1) is 25.6 Å². The van der Waals surface area contributed by atoms with E-state index in [-0.39, 0.29) is 30.3 Å². The Balaban J connectivity index is 1.93. The summed E-state index contributed by atoms with van der Waals surface area (Å²) in [6.07, 6.45) is -0.358. The van der Waals surface area contributed by atoms with Gasteiger partial charge in [0.1, 0.15) is 6.10 Å². The topological polar surface area (TPSA) is 152 Å². The maximum absolute atomic E-state index is 12.2. The zero-order valence-electron chi connectivity index (χ0n) is 15.1. The molecule has 2 aromatic rings. The van der Waals surface area contributed by atoms with Crippen LogP contribution in [0, 0.1) is 5.92 Å². The molecule has 0 radical (unpaired) electrons. The van der Waals surface area contributed by atoms with E-state index in [0.29, 0.717) is 6.61 Å². The molecule has 3 heterocycles. The van der Waals surface area contributed by atoms with E-state index < -0.39 is 35.8 Å². The lowest BCUT2D eigenvalue weighted by Crippen LogP contribution is -2.32. The molecule has 3 rings (SSSR count). The SMILES string of the molecule is CCCOC[C@H]1[C@@H](O)[C@H](n2cnc3c(=O)[nH]c(NC(C)=O)nc32)O[C@@H]1CO. The smallest absolute Gasteiger partial charge is 0.280 e. The summed E-state index contributed by atoms with van der Waals surface area (Å²) >= 11 is 0. The van der Waals surface area contributed by atoms with Crippen molar-refractivity contribution in [2.45, 2.75) is 38.7 Å². The van der Waals surface area contributed by atoms with E-state index in [1.54, 1.807) is 0 Å². The predicted molar refractivity (Wildman–Crippen MR) is 94.1 cm³/mol. The molecule has 1 amide bonds. The van der Waals surface area contributed by atoms with Crippen LogP contribution in [0.3, 0.4) is 0 Å². The number of fused-ring (bicyclic) bond motifs is 1. The minimum atomic E-state index is -0.998. The lowest BCUT2D eigenvalue weighted by molar-refractivity contribution is -0.114. The van der Waals surface area contributed by atoms with Crippen molar-refractivity contribution in [3.05, 3.63) is 16.7 Å². The third-order valence-corrected chi connectivity index (χ3v) is 4.36. The van der Waals surface area contributed by atoms with Crippen molar-refractivity contribution < 1.29 is 24.5 Å². The molecule has 148 valence electrons. The van der Waals surface area contributed by atoms with Gasteiger partial charge in [-0.2, -0.15) is 4.98 Å². The zero-order chi connectivity index (χ0) is 19.6. The maximum atomic E-state index is 12.2. The van der Waals surface area contributed by atoms with Crippen LogP contribution in [0.2, 0.25) is 0 Å². The van der Waals surface area contributed by atoms with Crippen molar-refractivity contribution in [3.63, 3.8) is 0 Å². The fourth-order valence-electron chi connectivity index (χ4n) is 3.11. The van der Waals surface area contributed by atoms with Crippen molar-refractivity contribution >= 4 is 23.0 Å². The minimum Gasteiger partial charge on any atom is -0.394 e. The fraction of sp³-hybridized carbons (Fsp3) is 0.625. The summed E-state index contributed by atoms with van der Waals surface area (Å²) in [5, 5.41) is 22.7. The summed E-state index contributed by atoms with van der Waals surface area (Å²) in [6, 6.07) is 0. The molecular formula is C16H23N5O6. The molecule has 1 aliphatic heterocycles. The van der Waals surface area contributed by atoms with E-state index in [9.17, 15) is 19.8 Å². The standard InChI is InChI=1S/C16H23N5O6/c1-3-4-26-6-9-10(5-22)27-15(12(9)24)21-7-17-11-13(21)19-16(18-8(2)23)20-14(11)25/h7,9-10,12,15,22,24H,3-6H2,1-2H3,(H2,18,19,20,23,25)/t9-,10-,12-,15-/m1/s1. The number of aromatic amines is 1. The van der Waals surface area contributed by atoms with Gasteiger partial charge in [-0.1, -0.05) is 6.92 Å². The van der Waals surface area contributed by atoms with Crippen LogP contribution in [-0.2, 0) is 14.3 Å². The number of imidazole rings is 1. The first-order valence-corrected chi connectivity index (χ1v) is 8.72. The van der Waals surface area contributed by atoms with Crippen molar-refractivity contribution in [1.82, 2.24) is 19.5 Å². The molecular weight excluding hydrogens is 358 g/mol. The highest BCUT2D eigenvalue weighted by Crippen LogP contribution is 2.35. The Labute approximate surface area is 154 Å². The summed E-state index contributed by atoms with van der Waals surface area (Å²) in [7, 11) is 0. The Kier molecular flexibility index (Phi) is 5.85. The van der Waals surface area contributed by atoms with E-state index in [0.717, 1.165) is 6.42 Å². The molecule has 11 heteroatoms. The lowest BCUT2D eigenvalue weighted by Gasteiger charge is -2.19. The number of amides is 1. The minimum absolute atomic E-state index is 0.0317. The summed E-state index contributed by atoms with van der Waals surface area (Å²) in [5.41, 5.74) is -0.332. The predicted octanol–water partition coefficient (Wildman–Crippen LogP) is -0.629. The van der Waals surface area contributed by atoms with Gasteiger partial charge in [0, 0.05) is 19.4 Å². The van der Waals surface area contributed by atoms with Crippen LogP contribution in [0.5, 0.6) is 0 Å². The Morgan fingerprint density at radius 1 is 1.52 bits per heavy atom. The average Bonchev–Trinajstić information content (AvgIpc) is 3.16. The molecule has 4 N–H and O–H groups in total. The van der Waals surface area contributed by atoms with Crippen LogP contribution >= 0.6 is 0 Å². The second-order valence-electron chi connectivity index (χ2n) is 6.40. The van der Waals surface area contributed by atoms with E-state index in [2.05, 4.69) is 20.3 Å². The number of carbonyl (C=O) groups is 1. The van der Waals surface area contributed by atoms with Crippen molar-refractivity contribution in [3.8, 4) is 0 Å². The molecule has 0 spiro atoms. The van der Waals surface area contributed by atoms with Gasteiger partial charge in [-0.15, -0.1) is 0 Å². The molecule has 4 atom stereocenters. The van der Waals surface area contributed by atoms with E-state index in [1.165, 1.54) is 17.8 Å². The molecule has 1 fully saturated rings. The first-order valence-electron chi connectivity index (χ1n) is 8.72. The number of carbonyl (C=O) groups excluding carboxylic acids is 1. The number of aliphatic hydroxyl groups excluding tert-OH is 2. The van der Waals surface area contributed by atoms with Crippen molar-refractivity contribution in [2.75, 3.05) is 25.1 Å². The van der Waals surface area contributed by atoms with Crippen LogP contribution in [0.4, 0.5) is 5.95 Å². The van der Waals surface area contributed by atoms with Gasteiger partial charge in [-0.25, -0.2) is 4.98 Å². The lowest BCUT2D eigenvalue weighted by atomic mass is 9.99. The Morgan fingerprint density at radius 2 is 2.30 bits per heavy atom. The van der Waals surface area contributed by atoms with Crippen LogP contribution in [-0.4, -0.2) is 67.7 Å². The largest absolute Gasteiger partial charge is 0.394 e. The number of hydrogen-bond donors (Lipinski definition) is 4. The number of hydrogen-bond acceptors (Lipinski definition) is 8. The summed E-state index contributed by atoms with van der Waals surface area (Å²) in [5.74, 6) is -0.870. The molecule has 0 aromatic carbocycles. The molecule has 0 unspecified atom stereocenters. The number of H-pyrrole nitrogens is 1. The highest BCUT2D eigenvalue weighted by molar-refractivity contribution is 5.87. The fourth-order valence-corrected chi connectivity index (χ4v) is 3.11. The number of aliphatic hydroxyl groups is 2. The quantitative estimate of drug-likeness (QED) is 0.463. The average molecular weight is 381 g/mol. The summed E-state index contributed by atoms with van der Waals surface area (Å²) < 4.78 is 12.7. The van der Waals surface area contributed by atoms with Gasteiger partial charge >= 0.3 is 0 Å². The van der Waals surface area contributed by atoms with Crippen molar-refractivity contribution in [2.24, 2.45) is 5.92 Å². The maximum Gasteiger partial charge on any atom is 0.280 e. The van der Waals surface area contributed by atoms with Gasteiger partial charge in [0.25, 0.3) is 5.56 Å². The summed E-state index contributed by atoms with van der Waals surface area (Å²) in [6.45, 7) is 3.75. The van der Waals surface area contributed by atoms with Gasteiger partial charge in [-0.05, 0) is 6.42 Å². The molecule has 1 saturated heterocycles. The van der Waals surface area contributed by atoms with Gasteiger partial charge in [-0.3, -0.25) is 24.5 Å². The van der Waals surface area contributed by atoms with Gasteiger partial charge in [0.2, 0.25) is 11.9 Å². The van der Waals surface area contributed by atoms with Crippen LogP contribution in [0.1, 0.15) is 26.5 Å². The molecule has 0 bridgehead atoms. The van der Waals surface area contributed by atoms with E-state index in [4.69, 9.17) is 9.47 Å². The summed E-state index contributed by atoms with van der Waals surface area (Å²) in [4.78, 5) is 34.0. The highest BCUT2D eigenvalue weighted by Gasteiger charge is 2.45. The normalized spacial score (nSPS) is 25.2. The van der Waals surface area contributed by atoms with Gasteiger partial charge in [0.15, 0.2) is 17.4 Å². The monoisotopic (exact) mass is 381 g/mol. The number of nitrogens with one attached hydrogen (secondary N) is 2. The molecule has 27 heavy (non-hydrogen) atoms. The second kappa shape index (κ2) is 8.13. The first kappa shape index (κ1) is 19.4. The number of anilines is 1. The molecule has 2 aromatic heterocycles. The molecule has 0 saturated carbocycles.